The van der Waals surface area contributed by atoms with Gasteiger partial charge in [-0.2, -0.15) is 0 Å². The van der Waals surface area contributed by atoms with Crippen molar-refractivity contribution in [2.24, 2.45) is 17.3 Å². The van der Waals surface area contributed by atoms with Crippen LogP contribution in [0.5, 0.6) is 0 Å². The number of hydrogen-bond acceptors (Lipinski definition) is 8. The van der Waals surface area contributed by atoms with E-state index in [4.69, 9.17) is 14.2 Å². The molecule has 0 saturated carbocycles. The lowest BCUT2D eigenvalue weighted by Crippen LogP contribution is -2.64. The molecule has 3 N–H and O–H groups in total. The van der Waals surface area contributed by atoms with Crippen LogP contribution >= 0.6 is 0 Å². The standard InChI is InChI=1S/C19H28N2O6.C6H11NO2.C2H6.CH4/c1-12(2)10-15(20-5)19(17(22)23)26-11-18(3,4)16(27-19)13-8-6-7-9-14(13)21(24)25;1-7-6(8)5-2-3-9-4-5;1-2;/h6-9,12,15-16,20H,10-11H2,1-5H3,(H,22,23);5H,2-4H2,1H3,(H,7,8);1-2H3;1H4/t15-,16?,19?;5-;;/m01../s1. The van der Waals surface area contributed by atoms with Gasteiger partial charge in [0.1, 0.15) is 6.10 Å². The van der Waals surface area contributed by atoms with Crippen LogP contribution in [0.1, 0.15) is 73.5 Å². The van der Waals surface area contributed by atoms with Gasteiger partial charge >= 0.3 is 5.97 Å². The Labute approximate surface area is 233 Å². The highest BCUT2D eigenvalue weighted by molar-refractivity contribution is 5.78. The number of ether oxygens (including phenoxy) is 3. The van der Waals surface area contributed by atoms with Crippen molar-refractivity contribution in [2.75, 3.05) is 33.9 Å². The number of aliphatic carboxylic acids is 1. The molecular formula is C28H49N3O8. The fraction of sp³-hybridized carbons (Fsp3) is 0.714. The van der Waals surface area contributed by atoms with Crippen LogP contribution in [0.3, 0.4) is 0 Å². The minimum Gasteiger partial charge on any atom is -0.477 e. The molecule has 2 fully saturated rings. The molecule has 0 bridgehead atoms. The number of carboxylic acid groups (broad SMARTS) is 1. The van der Waals surface area contributed by atoms with Crippen molar-refractivity contribution in [3.63, 3.8) is 0 Å². The van der Waals surface area contributed by atoms with Crippen molar-refractivity contribution in [1.82, 2.24) is 10.6 Å². The Hall–Kier alpha value is -2.60. The zero-order valence-corrected chi connectivity index (χ0v) is 23.9. The molecule has 1 aromatic rings. The second-order valence-electron chi connectivity index (χ2n) is 10.2. The summed E-state index contributed by atoms with van der Waals surface area (Å²) < 4.78 is 16.9. The highest BCUT2D eigenvalue weighted by Crippen LogP contribution is 2.48. The lowest BCUT2D eigenvalue weighted by atomic mass is 9.80. The summed E-state index contributed by atoms with van der Waals surface area (Å²) in [5.74, 6) is -2.77. The van der Waals surface area contributed by atoms with Crippen molar-refractivity contribution >= 4 is 17.6 Å². The Kier molecular flexibility index (Phi) is 15.4. The fourth-order valence-corrected chi connectivity index (χ4v) is 4.42. The van der Waals surface area contributed by atoms with Crippen LogP contribution in [0.25, 0.3) is 0 Å². The number of para-hydroxylation sites is 1. The van der Waals surface area contributed by atoms with E-state index in [2.05, 4.69) is 10.6 Å². The average Bonchev–Trinajstić information content (AvgIpc) is 3.43. The summed E-state index contributed by atoms with van der Waals surface area (Å²) in [7, 11) is 3.31. The van der Waals surface area contributed by atoms with E-state index in [0.717, 1.165) is 13.0 Å². The molecule has 2 aliphatic rings. The number of carbonyl (C=O) groups is 2. The van der Waals surface area contributed by atoms with Gasteiger partial charge in [0, 0.05) is 25.1 Å². The van der Waals surface area contributed by atoms with Crippen molar-refractivity contribution in [2.45, 2.75) is 79.7 Å². The van der Waals surface area contributed by atoms with Gasteiger partial charge in [0.25, 0.3) is 11.5 Å². The molecule has 4 atom stereocenters. The molecule has 224 valence electrons. The van der Waals surface area contributed by atoms with E-state index in [1.54, 1.807) is 32.3 Å². The first-order chi connectivity index (χ1) is 17.9. The van der Waals surface area contributed by atoms with E-state index in [0.29, 0.717) is 18.6 Å². The van der Waals surface area contributed by atoms with Crippen LogP contribution in [0.4, 0.5) is 5.69 Å². The molecule has 0 radical (unpaired) electrons. The van der Waals surface area contributed by atoms with Crippen LogP contribution < -0.4 is 10.6 Å². The first-order valence-electron chi connectivity index (χ1n) is 13.1. The molecule has 0 aliphatic carbocycles. The summed E-state index contributed by atoms with van der Waals surface area (Å²) >= 11 is 0. The van der Waals surface area contributed by atoms with Gasteiger partial charge < -0.3 is 30.0 Å². The molecule has 1 amide bonds. The van der Waals surface area contributed by atoms with E-state index < -0.39 is 34.2 Å². The molecule has 11 nitrogen and oxygen atoms in total. The number of nitrogens with zero attached hydrogens (tertiary/aromatic N) is 1. The molecule has 0 aromatic heterocycles. The van der Waals surface area contributed by atoms with Gasteiger partial charge in [-0.3, -0.25) is 14.9 Å². The van der Waals surface area contributed by atoms with Crippen LogP contribution in [-0.4, -0.2) is 67.7 Å². The van der Waals surface area contributed by atoms with Gasteiger partial charge in [-0.25, -0.2) is 4.79 Å². The summed E-state index contributed by atoms with van der Waals surface area (Å²) in [5, 5.41) is 27.1. The molecule has 39 heavy (non-hydrogen) atoms. The molecule has 1 aromatic carbocycles. The second-order valence-corrected chi connectivity index (χ2v) is 10.2. The zero-order valence-electron chi connectivity index (χ0n) is 23.9. The lowest BCUT2D eigenvalue weighted by Gasteiger charge is -2.49. The third-order valence-corrected chi connectivity index (χ3v) is 6.44. The molecule has 2 aliphatic heterocycles. The number of benzene rings is 1. The zero-order chi connectivity index (χ0) is 29.1. The summed E-state index contributed by atoms with van der Waals surface area (Å²) in [6.45, 7) is 13.1. The van der Waals surface area contributed by atoms with E-state index in [1.165, 1.54) is 6.07 Å². The lowest BCUT2D eigenvalue weighted by molar-refractivity contribution is -0.389. The first kappa shape index (κ1) is 36.4. The van der Waals surface area contributed by atoms with Crippen LogP contribution in [0, 0.1) is 27.4 Å². The third-order valence-electron chi connectivity index (χ3n) is 6.44. The van der Waals surface area contributed by atoms with E-state index in [-0.39, 0.29) is 37.5 Å². The highest BCUT2D eigenvalue weighted by Gasteiger charge is 2.57. The topological polar surface area (TPSA) is 149 Å². The third kappa shape index (κ3) is 9.23. The number of nitro groups is 1. The van der Waals surface area contributed by atoms with Crippen molar-refractivity contribution in [1.29, 1.82) is 0 Å². The predicted octanol–water partition coefficient (Wildman–Crippen LogP) is 4.56. The van der Waals surface area contributed by atoms with Crippen LogP contribution in [0.2, 0.25) is 0 Å². The van der Waals surface area contributed by atoms with E-state index in [1.807, 2.05) is 41.5 Å². The SMILES string of the molecule is C.CC.CNC(=O)[C@@H]1CCOC1.CN[C@@H](CC(C)C)C1(C(=O)O)OCC(C)(C)C(c2ccccc2[N+](=O)[O-])O1. The number of rotatable bonds is 8. The average molecular weight is 556 g/mol. The Morgan fingerprint density at radius 2 is 1.82 bits per heavy atom. The van der Waals surface area contributed by atoms with Gasteiger partial charge in [0.05, 0.1) is 35.7 Å². The smallest absolute Gasteiger partial charge is 0.366 e. The summed E-state index contributed by atoms with van der Waals surface area (Å²) in [5.41, 5.74) is -0.399. The van der Waals surface area contributed by atoms with Crippen molar-refractivity contribution in [3.8, 4) is 0 Å². The normalized spacial score (nSPS) is 24.1. The van der Waals surface area contributed by atoms with Gasteiger partial charge in [-0.15, -0.1) is 0 Å². The minimum absolute atomic E-state index is 0. The molecule has 0 spiro atoms. The molecule has 11 heteroatoms. The maximum absolute atomic E-state index is 12.2. The summed E-state index contributed by atoms with van der Waals surface area (Å²) in [6.07, 6.45) is 0.568. The van der Waals surface area contributed by atoms with Crippen molar-refractivity contribution < 1.29 is 33.8 Å². The van der Waals surface area contributed by atoms with E-state index in [9.17, 15) is 24.8 Å². The number of likely N-dealkylation sites (N-methyl/N-ethyl adjacent to an activating group) is 1. The number of carboxylic acids is 1. The number of carbonyl (C=O) groups excluding carboxylic acids is 1. The number of nitrogens with one attached hydrogen (secondary N) is 2. The maximum Gasteiger partial charge on any atom is 0.366 e. The molecule has 2 heterocycles. The summed E-state index contributed by atoms with van der Waals surface area (Å²) in [4.78, 5) is 34.1. The Morgan fingerprint density at radius 3 is 2.28 bits per heavy atom. The highest BCUT2D eigenvalue weighted by atomic mass is 16.7. The Bertz CT molecular complexity index is 918. The number of hydrogen-bond donors (Lipinski definition) is 3. The van der Waals surface area contributed by atoms with E-state index >= 15 is 0 Å². The quantitative estimate of drug-likeness (QED) is 0.310. The second kappa shape index (κ2) is 16.5. The molecule has 2 saturated heterocycles. The predicted molar refractivity (Wildman–Crippen MR) is 150 cm³/mol. The fourth-order valence-electron chi connectivity index (χ4n) is 4.42. The molecule has 2 unspecified atom stereocenters. The van der Waals surface area contributed by atoms with Gasteiger partial charge in [-0.05, 0) is 31.9 Å². The number of nitro benzene ring substituents is 1. The minimum atomic E-state index is -1.93. The van der Waals surface area contributed by atoms with Gasteiger partial charge in [-0.1, -0.05) is 61.1 Å². The summed E-state index contributed by atoms with van der Waals surface area (Å²) in [6, 6.07) is 5.66. The van der Waals surface area contributed by atoms with Crippen molar-refractivity contribution in [3.05, 3.63) is 39.9 Å². The largest absolute Gasteiger partial charge is 0.477 e. The molecule has 3 rings (SSSR count). The monoisotopic (exact) mass is 555 g/mol. The molecular weight excluding hydrogens is 506 g/mol. The number of amides is 1. The van der Waals surface area contributed by atoms with Gasteiger partial charge in [0.2, 0.25) is 5.91 Å². The first-order valence-corrected chi connectivity index (χ1v) is 13.1. The Morgan fingerprint density at radius 1 is 1.21 bits per heavy atom. The Balaban J connectivity index is 0.00000101. The maximum atomic E-state index is 12.2. The van der Waals surface area contributed by atoms with Crippen LogP contribution in [0.15, 0.2) is 24.3 Å². The van der Waals surface area contributed by atoms with Crippen LogP contribution in [-0.2, 0) is 23.8 Å². The van der Waals surface area contributed by atoms with Gasteiger partial charge in [0.15, 0.2) is 0 Å².